The fourth-order valence-corrected chi connectivity index (χ4v) is 3.25. The van der Waals surface area contributed by atoms with Gasteiger partial charge in [0.1, 0.15) is 18.1 Å². The lowest BCUT2D eigenvalue weighted by atomic mass is 9.96. The van der Waals surface area contributed by atoms with Crippen molar-refractivity contribution in [2.24, 2.45) is 23.3 Å². The van der Waals surface area contributed by atoms with E-state index in [2.05, 4.69) is 16.0 Å². The molecule has 0 aromatic heterocycles. The van der Waals surface area contributed by atoms with Crippen LogP contribution in [0.3, 0.4) is 0 Å². The predicted molar refractivity (Wildman–Crippen MR) is 130 cm³/mol. The molecule has 8 N–H and O–H groups in total. The lowest BCUT2D eigenvalue weighted by molar-refractivity contribution is -0.144. The number of carboxylic acids is 1. The molecule has 4 amide bonds. The zero-order chi connectivity index (χ0) is 26.7. The molecule has 0 spiro atoms. The van der Waals surface area contributed by atoms with Crippen molar-refractivity contribution in [1.29, 1.82) is 0 Å². The molecule has 0 aliphatic rings. The molecule has 11 heteroatoms. The van der Waals surface area contributed by atoms with Crippen LogP contribution in [0.1, 0.15) is 46.1 Å². The van der Waals surface area contributed by atoms with E-state index < -0.39 is 60.2 Å². The molecule has 0 fully saturated rings. The Hall–Kier alpha value is -3.47. The van der Waals surface area contributed by atoms with Gasteiger partial charge in [-0.15, -0.1) is 0 Å². The Kier molecular flexibility index (Phi) is 11.9. The first-order chi connectivity index (χ1) is 16.4. The quantitative estimate of drug-likeness (QED) is 0.205. The lowest BCUT2D eigenvalue weighted by Gasteiger charge is -2.28. The van der Waals surface area contributed by atoms with E-state index >= 15 is 0 Å². The number of carbonyl (C=O) groups excluding carboxylic acids is 4. The number of rotatable bonds is 14. The molecule has 0 heterocycles. The minimum absolute atomic E-state index is 0.150. The van der Waals surface area contributed by atoms with Crippen LogP contribution in [0.4, 0.5) is 0 Å². The Morgan fingerprint density at radius 2 is 1.46 bits per heavy atom. The van der Waals surface area contributed by atoms with Gasteiger partial charge in [0.2, 0.25) is 23.6 Å². The van der Waals surface area contributed by atoms with Gasteiger partial charge in [-0.2, -0.15) is 0 Å². The molecular weight excluding hydrogens is 454 g/mol. The first-order valence-corrected chi connectivity index (χ1v) is 11.6. The molecule has 0 bridgehead atoms. The van der Waals surface area contributed by atoms with E-state index in [0.717, 1.165) is 5.56 Å². The van der Waals surface area contributed by atoms with Gasteiger partial charge in [0.05, 0.1) is 12.5 Å². The summed E-state index contributed by atoms with van der Waals surface area (Å²) in [5.74, 6) is -4.77. The summed E-state index contributed by atoms with van der Waals surface area (Å²) in [5.41, 5.74) is 11.8. The monoisotopic (exact) mass is 491 g/mol. The van der Waals surface area contributed by atoms with Gasteiger partial charge in [0.25, 0.3) is 0 Å². The summed E-state index contributed by atoms with van der Waals surface area (Å²) in [7, 11) is 0. The largest absolute Gasteiger partial charge is 0.480 e. The van der Waals surface area contributed by atoms with Crippen LogP contribution in [-0.2, 0) is 30.4 Å². The number of carbonyl (C=O) groups is 5. The van der Waals surface area contributed by atoms with Gasteiger partial charge < -0.3 is 32.5 Å². The Bertz CT molecular complexity index is 892. The van der Waals surface area contributed by atoms with E-state index in [1.807, 2.05) is 6.07 Å². The second-order valence-electron chi connectivity index (χ2n) is 8.96. The first-order valence-electron chi connectivity index (χ1n) is 11.6. The molecule has 1 rings (SSSR count). The summed E-state index contributed by atoms with van der Waals surface area (Å²) in [4.78, 5) is 61.4. The summed E-state index contributed by atoms with van der Waals surface area (Å²) < 4.78 is 0. The SMILES string of the molecule is CCC(C)C(NC(=O)C(Cc1ccccc1)NC(=O)C(N)C(C)C)C(=O)NC(CC(N)=O)C(=O)O. The molecule has 0 saturated carbocycles. The molecule has 5 atom stereocenters. The van der Waals surface area contributed by atoms with E-state index in [1.54, 1.807) is 52.0 Å². The van der Waals surface area contributed by atoms with Crippen LogP contribution in [0.5, 0.6) is 0 Å². The second-order valence-corrected chi connectivity index (χ2v) is 8.96. The standard InChI is InChI=1S/C24H37N5O6/c1-5-14(4)20(23(33)28-17(24(34)35)12-18(25)30)29-21(31)16(11-15-9-7-6-8-10-15)27-22(32)19(26)13(2)3/h6-10,13-14,16-17,19-20H,5,11-12,26H2,1-4H3,(H2,25,30)(H,27,32)(H,28,33)(H,29,31)(H,34,35). The normalized spacial score (nSPS) is 15.3. The first kappa shape index (κ1) is 29.6. The van der Waals surface area contributed by atoms with E-state index in [-0.39, 0.29) is 18.3 Å². The maximum absolute atomic E-state index is 13.3. The highest BCUT2D eigenvalue weighted by Crippen LogP contribution is 2.11. The third-order valence-corrected chi connectivity index (χ3v) is 5.75. The molecular formula is C24H37N5O6. The smallest absolute Gasteiger partial charge is 0.326 e. The van der Waals surface area contributed by atoms with Crippen molar-refractivity contribution in [3.8, 4) is 0 Å². The van der Waals surface area contributed by atoms with Crippen molar-refractivity contribution >= 4 is 29.6 Å². The molecule has 0 saturated heterocycles. The maximum atomic E-state index is 13.3. The average Bonchev–Trinajstić information content (AvgIpc) is 2.80. The number of carboxylic acid groups (broad SMARTS) is 1. The van der Waals surface area contributed by atoms with E-state index in [0.29, 0.717) is 6.42 Å². The van der Waals surface area contributed by atoms with Crippen molar-refractivity contribution in [2.45, 2.75) is 71.1 Å². The number of primary amides is 1. The van der Waals surface area contributed by atoms with Gasteiger partial charge in [-0.05, 0) is 17.4 Å². The van der Waals surface area contributed by atoms with E-state index in [4.69, 9.17) is 11.5 Å². The number of aliphatic carboxylic acids is 1. The highest BCUT2D eigenvalue weighted by molar-refractivity contribution is 5.95. The molecule has 0 radical (unpaired) electrons. The molecule has 0 aliphatic heterocycles. The highest BCUT2D eigenvalue weighted by atomic mass is 16.4. The third-order valence-electron chi connectivity index (χ3n) is 5.75. The van der Waals surface area contributed by atoms with Gasteiger partial charge >= 0.3 is 5.97 Å². The van der Waals surface area contributed by atoms with Gasteiger partial charge in [0.15, 0.2) is 0 Å². The van der Waals surface area contributed by atoms with Crippen LogP contribution in [0.2, 0.25) is 0 Å². The number of nitrogens with one attached hydrogen (secondary N) is 3. The van der Waals surface area contributed by atoms with Crippen molar-refractivity contribution in [1.82, 2.24) is 16.0 Å². The van der Waals surface area contributed by atoms with Gasteiger partial charge in [0, 0.05) is 6.42 Å². The van der Waals surface area contributed by atoms with Gasteiger partial charge in [-0.25, -0.2) is 4.79 Å². The zero-order valence-electron chi connectivity index (χ0n) is 20.6. The molecule has 1 aromatic carbocycles. The van der Waals surface area contributed by atoms with Crippen LogP contribution in [0.15, 0.2) is 30.3 Å². The average molecular weight is 492 g/mol. The van der Waals surface area contributed by atoms with Crippen LogP contribution in [-0.4, -0.2) is 58.9 Å². The van der Waals surface area contributed by atoms with Crippen LogP contribution in [0, 0.1) is 11.8 Å². The lowest BCUT2D eigenvalue weighted by Crippen LogP contribution is -2.59. The second kappa shape index (κ2) is 14.1. The molecule has 1 aromatic rings. The van der Waals surface area contributed by atoms with Crippen molar-refractivity contribution in [3.63, 3.8) is 0 Å². The number of hydrogen-bond acceptors (Lipinski definition) is 6. The fourth-order valence-electron chi connectivity index (χ4n) is 3.25. The van der Waals surface area contributed by atoms with E-state index in [1.165, 1.54) is 0 Å². The molecule has 5 unspecified atom stereocenters. The zero-order valence-corrected chi connectivity index (χ0v) is 20.6. The number of nitrogens with two attached hydrogens (primary N) is 2. The molecule has 11 nitrogen and oxygen atoms in total. The molecule has 0 aliphatic carbocycles. The number of hydrogen-bond donors (Lipinski definition) is 6. The minimum atomic E-state index is -1.53. The fraction of sp³-hybridized carbons (Fsp3) is 0.542. The van der Waals surface area contributed by atoms with Crippen LogP contribution in [0.25, 0.3) is 0 Å². The van der Waals surface area contributed by atoms with Crippen molar-refractivity contribution < 1.29 is 29.1 Å². The highest BCUT2D eigenvalue weighted by Gasteiger charge is 2.33. The summed E-state index contributed by atoms with van der Waals surface area (Å²) in [5, 5.41) is 16.9. The Morgan fingerprint density at radius 3 is 1.94 bits per heavy atom. The van der Waals surface area contributed by atoms with Crippen LogP contribution < -0.4 is 27.4 Å². The summed E-state index contributed by atoms with van der Waals surface area (Å²) in [6.07, 6.45) is 0.0411. The Balaban J connectivity index is 3.14. The Morgan fingerprint density at radius 1 is 0.886 bits per heavy atom. The number of amides is 4. The van der Waals surface area contributed by atoms with Crippen molar-refractivity contribution in [3.05, 3.63) is 35.9 Å². The van der Waals surface area contributed by atoms with E-state index in [9.17, 15) is 29.1 Å². The van der Waals surface area contributed by atoms with Crippen LogP contribution >= 0.6 is 0 Å². The summed E-state index contributed by atoms with van der Waals surface area (Å²) in [6, 6.07) is 4.50. The minimum Gasteiger partial charge on any atom is -0.480 e. The van der Waals surface area contributed by atoms with Gasteiger partial charge in [-0.3, -0.25) is 19.2 Å². The topological polar surface area (TPSA) is 194 Å². The third kappa shape index (κ3) is 9.73. The summed E-state index contributed by atoms with van der Waals surface area (Å²) >= 11 is 0. The number of benzene rings is 1. The predicted octanol–water partition coefficient (Wildman–Crippen LogP) is -0.327. The Labute approximate surface area is 205 Å². The molecule has 194 valence electrons. The van der Waals surface area contributed by atoms with Crippen molar-refractivity contribution in [2.75, 3.05) is 0 Å². The van der Waals surface area contributed by atoms with Gasteiger partial charge in [-0.1, -0.05) is 64.4 Å². The maximum Gasteiger partial charge on any atom is 0.326 e. The molecule has 35 heavy (non-hydrogen) atoms. The summed E-state index contributed by atoms with van der Waals surface area (Å²) in [6.45, 7) is 7.09.